The van der Waals surface area contributed by atoms with Gasteiger partial charge in [0, 0.05) is 5.02 Å². The predicted octanol–water partition coefficient (Wildman–Crippen LogP) is 3.95. The second-order valence-corrected chi connectivity index (χ2v) is 9.33. The maximum atomic E-state index is 12.6. The van der Waals surface area contributed by atoms with Crippen LogP contribution in [0.5, 0.6) is 0 Å². The summed E-state index contributed by atoms with van der Waals surface area (Å²) in [4.78, 5) is 12.6. The van der Waals surface area contributed by atoms with Gasteiger partial charge in [0.15, 0.2) is 0 Å². The molecule has 2 aromatic carbocycles. The van der Waals surface area contributed by atoms with Crippen LogP contribution < -0.4 is 9.62 Å². The molecule has 27 heavy (non-hydrogen) atoms. The van der Waals surface area contributed by atoms with Crippen LogP contribution in [-0.4, -0.2) is 27.1 Å². The molecule has 0 spiro atoms. The Hall–Kier alpha value is -1.76. The van der Waals surface area contributed by atoms with Gasteiger partial charge >= 0.3 is 0 Å². The monoisotopic (exact) mass is 426 g/mol. The van der Waals surface area contributed by atoms with Gasteiger partial charge in [-0.15, -0.1) is 0 Å². The van der Waals surface area contributed by atoms with E-state index in [0.29, 0.717) is 5.02 Å². The number of amides is 1. The van der Waals surface area contributed by atoms with Gasteiger partial charge in [-0.2, -0.15) is 0 Å². The zero-order chi connectivity index (χ0) is 19.6. The zero-order valence-electron chi connectivity index (χ0n) is 14.8. The van der Waals surface area contributed by atoms with Gasteiger partial charge in [-0.25, -0.2) is 8.42 Å². The SMILES string of the molecule is CS(=O)(=O)N(CC(=O)N[C@H]1CCCc2ccccc21)c1ccc(Cl)cc1Cl. The van der Waals surface area contributed by atoms with E-state index in [2.05, 4.69) is 11.4 Å². The average molecular weight is 427 g/mol. The Labute approximate surface area is 169 Å². The van der Waals surface area contributed by atoms with E-state index in [1.807, 2.05) is 18.2 Å². The normalized spacial score (nSPS) is 16.5. The molecule has 0 bridgehead atoms. The molecule has 1 atom stereocenters. The van der Waals surface area contributed by atoms with Gasteiger partial charge in [0.25, 0.3) is 0 Å². The number of sulfonamides is 1. The highest BCUT2D eigenvalue weighted by Crippen LogP contribution is 2.31. The number of carbonyl (C=O) groups excluding carboxylic acids is 1. The number of halogens is 2. The zero-order valence-corrected chi connectivity index (χ0v) is 17.1. The Kier molecular flexibility index (Phi) is 5.99. The fourth-order valence-electron chi connectivity index (χ4n) is 3.34. The molecule has 0 fully saturated rings. The average Bonchev–Trinajstić information content (AvgIpc) is 2.60. The summed E-state index contributed by atoms with van der Waals surface area (Å²) in [6, 6.07) is 12.4. The third-order valence-electron chi connectivity index (χ3n) is 4.57. The van der Waals surface area contributed by atoms with Crippen LogP contribution in [0.3, 0.4) is 0 Å². The Bertz CT molecular complexity index is 963. The third kappa shape index (κ3) is 4.75. The predicted molar refractivity (Wildman–Crippen MR) is 109 cm³/mol. The molecule has 1 N–H and O–H groups in total. The number of nitrogens with zero attached hydrogens (tertiary/aromatic N) is 1. The minimum absolute atomic E-state index is 0.121. The highest BCUT2D eigenvalue weighted by molar-refractivity contribution is 7.92. The lowest BCUT2D eigenvalue weighted by Gasteiger charge is -2.28. The Morgan fingerprint density at radius 2 is 1.96 bits per heavy atom. The maximum absolute atomic E-state index is 12.6. The Morgan fingerprint density at radius 1 is 1.22 bits per heavy atom. The smallest absolute Gasteiger partial charge is 0.241 e. The molecular formula is C19H20Cl2N2O3S. The van der Waals surface area contributed by atoms with Crippen LogP contribution in [0.2, 0.25) is 10.0 Å². The van der Waals surface area contributed by atoms with Crippen LogP contribution >= 0.6 is 23.2 Å². The first-order valence-electron chi connectivity index (χ1n) is 8.55. The molecule has 8 heteroatoms. The minimum atomic E-state index is -3.70. The topological polar surface area (TPSA) is 66.5 Å². The molecule has 0 saturated heterocycles. The summed E-state index contributed by atoms with van der Waals surface area (Å²) in [5, 5.41) is 3.52. The van der Waals surface area contributed by atoms with Crippen LogP contribution in [-0.2, 0) is 21.2 Å². The second-order valence-electron chi connectivity index (χ2n) is 6.58. The molecule has 144 valence electrons. The minimum Gasteiger partial charge on any atom is -0.348 e. The van der Waals surface area contributed by atoms with Crippen molar-refractivity contribution >= 4 is 44.8 Å². The molecule has 0 aromatic heterocycles. The van der Waals surface area contributed by atoms with Gasteiger partial charge in [0.05, 0.1) is 23.0 Å². The lowest BCUT2D eigenvalue weighted by Crippen LogP contribution is -2.42. The largest absolute Gasteiger partial charge is 0.348 e. The molecule has 0 saturated carbocycles. The fourth-order valence-corrected chi connectivity index (χ4v) is 4.77. The van der Waals surface area contributed by atoms with Crippen molar-refractivity contribution in [2.45, 2.75) is 25.3 Å². The molecule has 0 aliphatic heterocycles. The molecule has 2 aromatic rings. The molecule has 1 aliphatic carbocycles. The van der Waals surface area contributed by atoms with Gasteiger partial charge in [0.1, 0.15) is 6.54 Å². The van der Waals surface area contributed by atoms with Crippen molar-refractivity contribution in [3.05, 3.63) is 63.6 Å². The van der Waals surface area contributed by atoms with E-state index in [-0.39, 0.29) is 29.2 Å². The van der Waals surface area contributed by atoms with E-state index >= 15 is 0 Å². The van der Waals surface area contributed by atoms with Gasteiger partial charge in [-0.05, 0) is 48.6 Å². The first-order chi connectivity index (χ1) is 12.8. The summed E-state index contributed by atoms with van der Waals surface area (Å²) < 4.78 is 25.5. The van der Waals surface area contributed by atoms with Crippen molar-refractivity contribution in [2.75, 3.05) is 17.1 Å². The quantitative estimate of drug-likeness (QED) is 0.786. The standard InChI is InChI=1S/C19H20Cl2N2O3S/c1-27(25,26)23(18-10-9-14(20)11-16(18)21)12-19(24)22-17-8-4-6-13-5-2-3-7-15(13)17/h2-3,5,7,9-11,17H,4,6,8,12H2,1H3,(H,22,24)/t17-/m0/s1. The summed E-state index contributed by atoms with van der Waals surface area (Å²) >= 11 is 12.0. The Balaban J connectivity index is 1.80. The van der Waals surface area contributed by atoms with E-state index in [0.717, 1.165) is 35.4 Å². The molecule has 0 radical (unpaired) electrons. The molecule has 5 nitrogen and oxygen atoms in total. The number of aryl methyl sites for hydroxylation is 1. The summed E-state index contributed by atoms with van der Waals surface area (Å²) in [5.74, 6) is -0.381. The van der Waals surface area contributed by atoms with E-state index in [9.17, 15) is 13.2 Å². The highest BCUT2D eigenvalue weighted by atomic mass is 35.5. The number of nitrogens with one attached hydrogen (secondary N) is 1. The molecule has 1 aliphatic rings. The molecule has 1 amide bonds. The van der Waals surface area contributed by atoms with Crippen molar-refractivity contribution < 1.29 is 13.2 Å². The molecule has 0 heterocycles. The number of carbonyl (C=O) groups is 1. The van der Waals surface area contributed by atoms with Gasteiger partial charge in [-0.3, -0.25) is 9.10 Å². The van der Waals surface area contributed by atoms with Gasteiger partial charge in [-0.1, -0.05) is 47.5 Å². The van der Waals surface area contributed by atoms with Crippen LogP contribution in [0.15, 0.2) is 42.5 Å². The first-order valence-corrected chi connectivity index (χ1v) is 11.2. The summed E-state index contributed by atoms with van der Waals surface area (Å²) in [6.07, 6.45) is 3.82. The summed E-state index contributed by atoms with van der Waals surface area (Å²) in [7, 11) is -3.70. The lowest BCUT2D eigenvalue weighted by atomic mass is 9.88. The van der Waals surface area contributed by atoms with E-state index in [1.54, 1.807) is 0 Å². The number of benzene rings is 2. The fraction of sp³-hybridized carbons (Fsp3) is 0.316. The number of fused-ring (bicyclic) bond motifs is 1. The summed E-state index contributed by atoms with van der Waals surface area (Å²) in [5.41, 5.74) is 2.53. The van der Waals surface area contributed by atoms with Crippen molar-refractivity contribution in [2.24, 2.45) is 0 Å². The van der Waals surface area contributed by atoms with Crippen LogP contribution in [0.25, 0.3) is 0 Å². The van der Waals surface area contributed by atoms with Crippen molar-refractivity contribution in [3.8, 4) is 0 Å². The van der Waals surface area contributed by atoms with E-state index in [4.69, 9.17) is 23.2 Å². The number of anilines is 1. The molecule has 0 unspecified atom stereocenters. The summed E-state index contributed by atoms with van der Waals surface area (Å²) in [6.45, 7) is -0.348. The number of rotatable bonds is 5. The van der Waals surface area contributed by atoms with Crippen molar-refractivity contribution in [3.63, 3.8) is 0 Å². The lowest BCUT2D eigenvalue weighted by molar-refractivity contribution is -0.120. The third-order valence-corrected chi connectivity index (χ3v) is 6.23. The van der Waals surface area contributed by atoms with Crippen molar-refractivity contribution in [1.82, 2.24) is 5.32 Å². The maximum Gasteiger partial charge on any atom is 0.241 e. The first kappa shape index (κ1) is 20.0. The Morgan fingerprint density at radius 3 is 2.67 bits per heavy atom. The number of hydrogen-bond acceptors (Lipinski definition) is 3. The molecular weight excluding hydrogens is 407 g/mol. The molecule has 3 rings (SSSR count). The van der Waals surface area contributed by atoms with Gasteiger partial charge in [0.2, 0.25) is 15.9 Å². The van der Waals surface area contributed by atoms with Crippen LogP contribution in [0.4, 0.5) is 5.69 Å². The van der Waals surface area contributed by atoms with Gasteiger partial charge < -0.3 is 5.32 Å². The highest BCUT2D eigenvalue weighted by Gasteiger charge is 2.26. The second kappa shape index (κ2) is 8.09. The van der Waals surface area contributed by atoms with Crippen molar-refractivity contribution in [1.29, 1.82) is 0 Å². The van der Waals surface area contributed by atoms with Crippen LogP contribution in [0.1, 0.15) is 30.0 Å². The van der Waals surface area contributed by atoms with E-state index < -0.39 is 10.0 Å². The van der Waals surface area contributed by atoms with E-state index in [1.165, 1.54) is 23.8 Å². The number of hydrogen-bond donors (Lipinski definition) is 1. The van der Waals surface area contributed by atoms with Crippen LogP contribution in [0, 0.1) is 0 Å².